The Balaban J connectivity index is 1.45. The molecule has 1 aliphatic heterocycles. The Hall–Kier alpha value is -1.85. The molecule has 0 unspecified atom stereocenters. The molecule has 0 spiro atoms. The van der Waals surface area contributed by atoms with Gasteiger partial charge in [-0.05, 0) is 38.1 Å². The molecule has 0 saturated carbocycles. The summed E-state index contributed by atoms with van der Waals surface area (Å²) in [4.78, 5) is 12.0. The largest absolute Gasteiger partial charge is 0.451 e. The molecule has 5 heteroatoms. The zero-order valence-electron chi connectivity index (χ0n) is 11.9. The van der Waals surface area contributed by atoms with E-state index in [1.54, 1.807) is 6.07 Å². The van der Waals surface area contributed by atoms with E-state index in [4.69, 9.17) is 9.15 Å². The minimum absolute atomic E-state index is 0.194. The SMILES string of the molecule is O=C(NCCOC1CCNCC1)c1cc2ccccc2o1. The smallest absolute Gasteiger partial charge is 0.287 e. The average Bonchev–Trinajstić information content (AvgIpc) is 2.96. The molecule has 0 radical (unpaired) electrons. The molecule has 1 saturated heterocycles. The van der Waals surface area contributed by atoms with Gasteiger partial charge in [0, 0.05) is 11.9 Å². The minimum Gasteiger partial charge on any atom is -0.451 e. The number of benzene rings is 1. The lowest BCUT2D eigenvalue weighted by molar-refractivity contribution is 0.0342. The van der Waals surface area contributed by atoms with Gasteiger partial charge in [-0.2, -0.15) is 0 Å². The maximum absolute atomic E-state index is 12.0. The minimum atomic E-state index is -0.194. The summed E-state index contributed by atoms with van der Waals surface area (Å²) in [7, 11) is 0. The van der Waals surface area contributed by atoms with Gasteiger partial charge in [0.05, 0.1) is 12.7 Å². The summed E-state index contributed by atoms with van der Waals surface area (Å²) in [5.41, 5.74) is 0.730. The van der Waals surface area contributed by atoms with Crippen LogP contribution in [-0.2, 0) is 4.74 Å². The number of carbonyl (C=O) groups is 1. The van der Waals surface area contributed by atoms with Crippen molar-refractivity contribution in [3.05, 3.63) is 36.1 Å². The van der Waals surface area contributed by atoms with Gasteiger partial charge in [0.25, 0.3) is 5.91 Å². The fourth-order valence-corrected chi connectivity index (χ4v) is 2.53. The van der Waals surface area contributed by atoms with E-state index in [1.165, 1.54) is 0 Å². The summed E-state index contributed by atoms with van der Waals surface area (Å²) in [5.74, 6) is 0.151. The first-order valence-electron chi connectivity index (χ1n) is 7.42. The topological polar surface area (TPSA) is 63.5 Å². The number of furan rings is 1. The zero-order valence-corrected chi connectivity index (χ0v) is 11.9. The standard InChI is InChI=1S/C16H20N2O3/c19-16(15-11-12-3-1-2-4-14(12)21-15)18-9-10-20-13-5-7-17-8-6-13/h1-4,11,13,17H,5-10H2,(H,18,19). The van der Waals surface area contributed by atoms with Gasteiger partial charge in [-0.1, -0.05) is 18.2 Å². The van der Waals surface area contributed by atoms with Crippen molar-refractivity contribution in [1.29, 1.82) is 0 Å². The Morgan fingerprint density at radius 2 is 2.14 bits per heavy atom. The second-order valence-corrected chi connectivity index (χ2v) is 5.22. The van der Waals surface area contributed by atoms with E-state index >= 15 is 0 Å². The molecule has 112 valence electrons. The summed E-state index contributed by atoms with van der Waals surface area (Å²) >= 11 is 0. The van der Waals surface area contributed by atoms with Gasteiger partial charge < -0.3 is 19.8 Å². The van der Waals surface area contributed by atoms with Crippen molar-refractivity contribution in [1.82, 2.24) is 10.6 Å². The van der Waals surface area contributed by atoms with Crippen LogP contribution in [0.1, 0.15) is 23.4 Å². The zero-order chi connectivity index (χ0) is 14.5. The van der Waals surface area contributed by atoms with E-state index in [2.05, 4.69) is 10.6 Å². The number of ether oxygens (including phenoxy) is 1. The molecule has 21 heavy (non-hydrogen) atoms. The summed E-state index contributed by atoms with van der Waals surface area (Å²) in [6, 6.07) is 9.35. The summed E-state index contributed by atoms with van der Waals surface area (Å²) in [6.07, 6.45) is 2.39. The lowest BCUT2D eigenvalue weighted by Gasteiger charge is -2.22. The predicted molar refractivity (Wildman–Crippen MR) is 80.4 cm³/mol. The molecule has 1 aromatic heterocycles. The maximum Gasteiger partial charge on any atom is 0.287 e. The molecule has 5 nitrogen and oxygen atoms in total. The molecule has 3 rings (SSSR count). The highest BCUT2D eigenvalue weighted by atomic mass is 16.5. The van der Waals surface area contributed by atoms with Crippen LogP contribution in [0.5, 0.6) is 0 Å². The summed E-state index contributed by atoms with van der Waals surface area (Å²) in [5, 5.41) is 7.06. The highest BCUT2D eigenvalue weighted by Crippen LogP contribution is 2.18. The number of piperidine rings is 1. The van der Waals surface area contributed by atoms with Crippen LogP contribution in [-0.4, -0.2) is 38.3 Å². The van der Waals surface area contributed by atoms with Gasteiger partial charge >= 0.3 is 0 Å². The third-order valence-corrected chi connectivity index (χ3v) is 3.68. The number of carbonyl (C=O) groups excluding carboxylic acids is 1. The quantitative estimate of drug-likeness (QED) is 0.825. The third-order valence-electron chi connectivity index (χ3n) is 3.68. The number of amides is 1. The molecule has 2 heterocycles. The Bertz CT molecular complexity index is 569. The number of hydrogen-bond acceptors (Lipinski definition) is 4. The fourth-order valence-electron chi connectivity index (χ4n) is 2.53. The van der Waals surface area contributed by atoms with Gasteiger partial charge in [0.2, 0.25) is 0 Å². The average molecular weight is 288 g/mol. The van der Waals surface area contributed by atoms with Crippen molar-refractivity contribution in [2.45, 2.75) is 18.9 Å². The normalized spacial score (nSPS) is 16.2. The Morgan fingerprint density at radius 1 is 1.33 bits per heavy atom. The van der Waals surface area contributed by atoms with Crippen molar-refractivity contribution in [2.24, 2.45) is 0 Å². The van der Waals surface area contributed by atoms with E-state index in [0.717, 1.165) is 36.9 Å². The molecule has 0 atom stereocenters. The lowest BCUT2D eigenvalue weighted by atomic mass is 10.1. The molecule has 1 aromatic carbocycles. The molecule has 1 amide bonds. The fraction of sp³-hybridized carbons (Fsp3) is 0.438. The van der Waals surface area contributed by atoms with Crippen molar-refractivity contribution in [3.63, 3.8) is 0 Å². The number of rotatable bonds is 5. The van der Waals surface area contributed by atoms with Crippen LogP contribution in [0.2, 0.25) is 0 Å². The predicted octanol–water partition coefficient (Wildman–Crippen LogP) is 1.93. The second-order valence-electron chi connectivity index (χ2n) is 5.22. The van der Waals surface area contributed by atoms with Crippen LogP contribution in [0.4, 0.5) is 0 Å². The monoisotopic (exact) mass is 288 g/mol. The number of para-hydroxylation sites is 1. The van der Waals surface area contributed by atoms with E-state index in [0.29, 0.717) is 25.0 Å². The molecular weight excluding hydrogens is 268 g/mol. The highest BCUT2D eigenvalue weighted by molar-refractivity contribution is 5.95. The number of hydrogen-bond donors (Lipinski definition) is 2. The molecule has 1 fully saturated rings. The van der Waals surface area contributed by atoms with Gasteiger partial charge in [-0.15, -0.1) is 0 Å². The lowest BCUT2D eigenvalue weighted by Crippen LogP contribution is -2.34. The molecule has 2 N–H and O–H groups in total. The first kappa shape index (κ1) is 14.1. The summed E-state index contributed by atoms with van der Waals surface area (Å²) < 4.78 is 11.3. The van der Waals surface area contributed by atoms with Crippen LogP contribution in [0.25, 0.3) is 11.0 Å². The molecule has 2 aromatic rings. The van der Waals surface area contributed by atoms with E-state index in [-0.39, 0.29) is 5.91 Å². The third kappa shape index (κ3) is 3.62. The first-order valence-corrected chi connectivity index (χ1v) is 7.42. The van der Waals surface area contributed by atoms with Crippen LogP contribution in [0.15, 0.2) is 34.7 Å². The van der Waals surface area contributed by atoms with Crippen LogP contribution in [0.3, 0.4) is 0 Å². The van der Waals surface area contributed by atoms with Crippen molar-refractivity contribution in [2.75, 3.05) is 26.2 Å². The van der Waals surface area contributed by atoms with Gasteiger partial charge in [-0.25, -0.2) is 0 Å². The Labute approximate surface area is 123 Å². The van der Waals surface area contributed by atoms with Crippen LogP contribution in [0, 0.1) is 0 Å². The molecule has 0 bridgehead atoms. The number of nitrogens with one attached hydrogen (secondary N) is 2. The maximum atomic E-state index is 12.0. The first-order chi connectivity index (χ1) is 10.3. The van der Waals surface area contributed by atoms with Crippen LogP contribution < -0.4 is 10.6 Å². The van der Waals surface area contributed by atoms with Gasteiger partial charge in [0.1, 0.15) is 5.58 Å². The Kier molecular flexibility index (Phi) is 4.52. The van der Waals surface area contributed by atoms with Crippen LogP contribution >= 0.6 is 0 Å². The van der Waals surface area contributed by atoms with Crippen molar-refractivity contribution < 1.29 is 13.9 Å². The number of fused-ring (bicyclic) bond motifs is 1. The summed E-state index contributed by atoms with van der Waals surface area (Å²) in [6.45, 7) is 3.06. The van der Waals surface area contributed by atoms with Crippen molar-refractivity contribution in [3.8, 4) is 0 Å². The van der Waals surface area contributed by atoms with Gasteiger partial charge in [-0.3, -0.25) is 4.79 Å². The highest BCUT2D eigenvalue weighted by Gasteiger charge is 2.14. The second kappa shape index (κ2) is 6.74. The molecule has 1 aliphatic rings. The van der Waals surface area contributed by atoms with Crippen molar-refractivity contribution >= 4 is 16.9 Å². The van der Waals surface area contributed by atoms with E-state index in [1.807, 2.05) is 24.3 Å². The van der Waals surface area contributed by atoms with E-state index < -0.39 is 0 Å². The van der Waals surface area contributed by atoms with E-state index in [9.17, 15) is 4.79 Å². The molecule has 0 aliphatic carbocycles. The Morgan fingerprint density at radius 3 is 2.95 bits per heavy atom. The molecular formula is C16H20N2O3. The van der Waals surface area contributed by atoms with Gasteiger partial charge in [0.15, 0.2) is 5.76 Å².